The number of rotatable bonds is 9. The number of nitrogens with zero attached hydrogens (tertiary/aromatic N) is 7. The van der Waals surface area contributed by atoms with E-state index in [1.165, 1.54) is 24.9 Å². The number of ether oxygens (including phenoxy) is 1. The summed E-state index contributed by atoms with van der Waals surface area (Å²) in [5.74, 6) is 0.867. The Bertz CT molecular complexity index is 1310. The number of piperidine rings is 1. The fraction of sp³-hybridized carbons (Fsp3) is 0.462. The Morgan fingerprint density at radius 3 is 2.58 bits per heavy atom. The predicted molar refractivity (Wildman–Crippen MR) is 136 cm³/mol. The molecule has 200 valence electrons. The number of imidazole rings is 1. The summed E-state index contributed by atoms with van der Waals surface area (Å²) in [7, 11) is 1.72. The van der Waals surface area contributed by atoms with Gasteiger partial charge in [-0.05, 0) is 50.6 Å². The number of halogens is 3. The van der Waals surface area contributed by atoms with Gasteiger partial charge in [0.2, 0.25) is 0 Å². The maximum atomic E-state index is 14.4. The van der Waals surface area contributed by atoms with E-state index in [-0.39, 0.29) is 5.92 Å². The number of likely N-dealkylation sites (tertiary alicyclic amines) is 1. The van der Waals surface area contributed by atoms with Crippen LogP contribution in [0.15, 0.2) is 30.7 Å². The van der Waals surface area contributed by atoms with Crippen molar-refractivity contribution in [2.75, 3.05) is 50.0 Å². The summed E-state index contributed by atoms with van der Waals surface area (Å²) < 4.78 is 45.9. The topological polar surface area (TPSA) is 95.1 Å². The van der Waals surface area contributed by atoms with Gasteiger partial charge in [-0.25, -0.2) is 19.3 Å². The molecular formula is C26H29F3N8O. The first-order valence-electron chi connectivity index (χ1n) is 12.7. The second-order valence-electron chi connectivity index (χ2n) is 9.44. The Morgan fingerprint density at radius 1 is 1.16 bits per heavy atom. The predicted octanol–water partition coefficient (Wildman–Crippen LogP) is 4.08. The molecule has 0 amide bonds. The van der Waals surface area contributed by atoms with Crippen LogP contribution in [0.1, 0.15) is 36.6 Å². The largest absolute Gasteiger partial charge is 0.432 e. The van der Waals surface area contributed by atoms with Gasteiger partial charge in [-0.3, -0.25) is 0 Å². The monoisotopic (exact) mass is 526 g/mol. The Hall–Kier alpha value is -3.85. The van der Waals surface area contributed by atoms with Crippen molar-refractivity contribution in [2.45, 2.75) is 38.3 Å². The molecule has 3 aromatic rings. The zero-order valence-corrected chi connectivity index (χ0v) is 21.1. The second-order valence-corrected chi connectivity index (χ2v) is 9.44. The van der Waals surface area contributed by atoms with Crippen molar-refractivity contribution in [1.82, 2.24) is 24.4 Å². The van der Waals surface area contributed by atoms with Crippen LogP contribution >= 0.6 is 0 Å². The zero-order chi connectivity index (χ0) is 26.6. The highest BCUT2D eigenvalue weighted by Gasteiger charge is 2.28. The number of benzene rings is 1. The molecule has 0 unspecified atom stereocenters. The average Bonchev–Trinajstić information content (AvgIpc) is 3.32. The summed E-state index contributed by atoms with van der Waals surface area (Å²) in [4.78, 5) is 17.9. The lowest BCUT2D eigenvalue weighted by atomic mass is 9.95. The molecule has 0 atom stereocenters. The smallest absolute Gasteiger partial charge is 0.387 e. The van der Waals surface area contributed by atoms with Crippen molar-refractivity contribution in [1.29, 1.82) is 5.26 Å². The summed E-state index contributed by atoms with van der Waals surface area (Å²) in [6, 6.07) is 6.16. The number of hydrogen-bond donors (Lipinski definition) is 1. The molecule has 38 heavy (non-hydrogen) atoms. The molecule has 1 aromatic carbocycles. The third-order valence-electron chi connectivity index (χ3n) is 7.19. The fourth-order valence-electron chi connectivity index (χ4n) is 5.04. The molecule has 12 heteroatoms. The first kappa shape index (κ1) is 25.8. The number of nitrogens with one attached hydrogen (secondary N) is 1. The van der Waals surface area contributed by atoms with Crippen molar-refractivity contribution in [3.8, 4) is 23.1 Å². The van der Waals surface area contributed by atoms with E-state index in [9.17, 15) is 18.4 Å². The fourth-order valence-corrected chi connectivity index (χ4v) is 5.04. The number of anilines is 2. The molecule has 1 N–H and O–H groups in total. The van der Waals surface area contributed by atoms with Gasteiger partial charge in [-0.1, -0.05) is 0 Å². The van der Waals surface area contributed by atoms with Gasteiger partial charge in [0.05, 0.1) is 5.69 Å². The molecule has 2 aliphatic heterocycles. The van der Waals surface area contributed by atoms with Gasteiger partial charge in [0.15, 0.2) is 17.4 Å². The number of hydrogen-bond acceptors (Lipinski definition) is 8. The molecule has 0 bridgehead atoms. The Labute approximate surface area is 218 Å². The van der Waals surface area contributed by atoms with Gasteiger partial charge < -0.3 is 24.4 Å². The normalized spacial score (nSPS) is 16.4. The van der Waals surface area contributed by atoms with Gasteiger partial charge >= 0.3 is 6.61 Å². The lowest BCUT2D eigenvalue weighted by Gasteiger charge is -2.34. The molecule has 0 spiro atoms. The summed E-state index contributed by atoms with van der Waals surface area (Å²) in [6.45, 7) is 2.13. The lowest BCUT2D eigenvalue weighted by molar-refractivity contribution is -0.0521. The van der Waals surface area contributed by atoms with Gasteiger partial charge in [0.1, 0.15) is 29.6 Å². The summed E-state index contributed by atoms with van der Waals surface area (Å²) in [5, 5.41) is 12.6. The van der Waals surface area contributed by atoms with Crippen LogP contribution in [0.25, 0.3) is 11.3 Å². The van der Waals surface area contributed by atoms with Crippen LogP contribution in [0.5, 0.6) is 5.75 Å². The van der Waals surface area contributed by atoms with Crippen molar-refractivity contribution in [2.24, 2.45) is 0 Å². The molecule has 9 nitrogen and oxygen atoms in total. The van der Waals surface area contributed by atoms with E-state index in [1.54, 1.807) is 13.1 Å². The molecule has 2 saturated heterocycles. The molecular weight excluding hydrogens is 497 g/mol. The zero-order valence-electron chi connectivity index (χ0n) is 21.1. The van der Waals surface area contributed by atoms with Crippen LogP contribution < -0.4 is 15.0 Å². The molecule has 2 fully saturated rings. The second kappa shape index (κ2) is 11.3. The lowest BCUT2D eigenvalue weighted by Crippen LogP contribution is -2.39. The first-order chi connectivity index (χ1) is 18.5. The molecule has 2 aromatic heterocycles. The molecule has 4 heterocycles. The maximum absolute atomic E-state index is 14.4. The van der Waals surface area contributed by atoms with Crippen LogP contribution in [-0.4, -0.2) is 70.8 Å². The van der Waals surface area contributed by atoms with Gasteiger partial charge in [0, 0.05) is 50.9 Å². The molecule has 0 radical (unpaired) electrons. The quantitative estimate of drug-likeness (QED) is 0.446. The van der Waals surface area contributed by atoms with Crippen LogP contribution in [0, 0.1) is 17.1 Å². The molecule has 5 rings (SSSR count). The molecule has 2 aliphatic rings. The minimum absolute atomic E-state index is 0.166. The number of aromatic nitrogens is 4. The maximum Gasteiger partial charge on any atom is 0.387 e. The average molecular weight is 527 g/mol. The van der Waals surface area contributed by atoms with Gasteiger partial charge in [-0.2, -0.15) is 14.0 Å². The van der Waals surface area contributed by atoms with E-state index < -0.39 is 18.2 Å². The van der Waals surface area contributed by atoms with Crippen LogP contribution in [0.2, 0.25) is 0 Å². The highest BCUT2D eigenvalue weighted by Crippen LogP contribution is 2.34. The van der Waals surface area contributed by atoms with Crippen molar-refractivity contribution in [3.05, 3.63) is 47.9 Å². The van der Waals surface area contributed by atoms with Gasteiger partial charge in [0.25, 0.3) is 0 Å². The van der Waals surface area contributed by atoms with E-state index in [0.29, 0.717) is 41.5 Å². The SMILES string of the molecule is CNc1ncnc(N2CCC(c3nc(-c4ccc(OC(F)F)c(F)c4)cn3CCN3CCC3)CC2)c1C#N. The van der Waals surface area contributed by atoms with E-state index in [2.05, 4.69) is 40.5 Å². The third-order valence-corrected chi connectivity index (χ3v) is 7.19. The standard InChI is InChI=1S/C26H29F3N8O/c1-31-23-19(14-30)25(33-16-32-23)36-9-5-17(6-10-36)24-34-21(15-37(24)12-11-35-7-2-8-35)18-3-4-22(20(27)13-18)38-26(28)29/h3-4,13,15-17,26H,2,5-12H2,1H3,(H,31,32,33). The van der Waals surface area contributed by atoms with Crippen LogP contribution in [0.4, 0.5) is 24.8 Å². The molecule has 0 aliphatic carbocycles. The first-order valence-corrected chi connectivity index (χ1v) is 12.7. The van der Waals surface area contributed by atoms with E-state index in [4.69, 9.17) is 4.98 Å². The highest BCUT2D eigenvalue weighted by molar-refractivity contribution is 5.65. The van der Waals surface area contributed by atoms with Crippen molar-refractivity contribution >= 4 is 11.6 Å². The summed E-state index contributed by atoms with van der Waals surface area (Å²) in [6.07, 6.45) is 6.19. The Morgan fingerprint density at radius 2 is 1.95 bits per heavy atom. The van der Waals surface area contributed by atoms with Gasteiger partial charge in [-0.15, -0.1) is 0 Å². The Balaban J connectivity index is 1.37. The number of alkyl halides is 2. The van der Waals surface area contributed by atoms with E-state index in [0.717, 1.165) is 44.8 Å². The highest BCUT2D eigenvalue weighted by atomic mass is 19.3. The Kier molecular flexibility index (Phi) is 7.64. The van der Waals surface area contributed by atoms with Crippen LogP contribution in [-0.2, 0) is 6.54 Å². The molecule has 0 saturated carbocycles. The van der Waals surface area contributed by atoms with E-state index in [1.807, 2.05) is 6.20 Å². The minimum Gasteiger partial charge on any atom is -0.432 e. The van der Waals surface area contributed by atoms with Crippen molar-refractivity contribution in [3.63, 3.8) is 0 Å². The summed E-state index contributed by atoms with van der Waals surface area (Å²) in [5.41, 5.74) is 1.52. The number of nitriles is 1. The third kappa shape index (κ3) is 5.38. The van der Waals surface area contributed by atoms with E-state index >= 15 is 0 Å². The van der Waals surface area contributed by atoms with Crippen LogP contribution in [0.3, 0.4) is 0 Å². The minimum atomic E-state index is -3.09. The van der Waals surface area contributed by atoms with Crippen molar-refractivity contribution < 1.29 is 17.9 Å². The summed E-state index contributed by atoms with van der Waals surface area (Å²) >= 11 is 0.